The van der Waals surface area contributed by atoms with Gasteiger partial charge < -0.3 is 0 Å². The number of alkyl halides is 2. The highest BCUT2D eigenvalue weighted by Gasteiger charge is 2.36. The minimum absolute atomic E-state index is 0.352. The van der Waals surface area contributed by atoms with Gasteiger partial charge in [0.2, 0.25) is 10.1 Å². The predicted molar refractivity (Wildman–Crippen MR) is 68.4 cm³/mol. The monoisotopic (exact) mass is 265 g/mol. The molecule has 2 nitrogen and oxygen atoms in total. The third kappa shape index (κ3) is 2.48. The van der Waals surface area contributed by atoms with Crippen molar-refractivity contribution >= 4 is 29.0 Å². The largest absolute Gasteiger partial charge is 0.290 e. The molecule has 1 aromatic carbocycles. The minimum Gasteiger partial charge on any atom is -0.290 e. The molecule has 1 aromatic heterocycles. The predicted octanol–water partition coefficient (Wildman–Crippen LogP) is 3.59. The Morgan fingerprint density at radius 1 is 1.06 bits per heavy atom. The van der Waals surface area contributed by atoms with E-state index < -0.39 is 4.33 Å². The van der Waals surface area contributed by atoms with Crippen molar-refractivity contribution in [3.05, 3.63) is 66.0 Å². The summed E-state index contributed by atoms with van der Waals surface area (Å²) in [4.78, 5) is 16.1. The van der Waals surface area contributed by atoms with Crippen LogP contribution in [0.3, 0.4) is 0 Å². The van der Waals surface area contributed by atoms with Gasteiger partial charge in [0.1, 0.15) is 0 Å². The van der Waals surface area contributed by atoms with Crippen molar-refractivity contribution in [2.45, 2.75) is 4.33 Å². The molecule has 1 heterocycles. The van der Waals surface area contributed by atoms with Crippen molar-refractivity contribution < 1.29 is 4.79 Å². The zero-order valence-electron chi connectivity index (χ0n) is 8.81. The number of carbonyl (C=O) groups excluding carboxylic acids is 1. The molecule has 4 heteroatoms. The molecular formula is C13H9Cl2NO. The first kappa shape index (κ1) is 12.1. The van der Waals surface area contributed by atoms with Crippen molar-refractivity contribution in [1.29, 1.82) is 0 Å². The fourth-order valence-electron chi connectivity index (χ4n) is 1.45. The number of halogens is 2. The second-order valence-corrected chi connectivity index (χ2v) is 4.84. The van der Waals surface area contributed by atoms with Gasteiger partial charge in [-0.05, 0) is 6.07 Å². The van der Waals surface area contributed by atoms with E-state index in [9.17, 15) is 4.79 Å². The summed E-state index contributed by atoms with van der Waals surface area (Å²) >= 11 is 12.2. The molecule has 0 amide bonds. The van der Waals surface area contributed by atoms with E-state index in [4.69, 9.17) is 23.2 Å². The summed E-state index contributed by atoms with van der Waals surface area (Å²) in [5.41, 5.74) is 0.943. The zero-order valence-corrected chi connectivity index (χ0v) is 10.3. The molecule has 0 aliphatic heterocycles. The van der Waals surface area contributed by atoms with Crippen molar-refractivity contribution in [2.75, 3.05) is 0 Å². The van der Waals surface area contributed by atoms with Crippen LogP contribution in [-0.4, -0.2) is 10.8 Å². The molecule has 17 heavy (non-hydrogen) atoms. The molecule has 0 spiro atoms. The summed E-state index contributed by atoms with van der Waals surface area (Å²) in [6.45, 7) is 0. The number of hydrogen-bond donors (Lipinski definition) is 0. The van der Waals surface area contributed by atoms with Crippen LogP contribution in [0.2, 0.25) is 0 Å². The van der Waals surface area contributed by atoms with Gasteiger partial charge in [0.25, 0.3) is 0 Å². The summed E-state index contributed by atoms with van der Waals surface area (Å²) in [6, 6.07) is 12.1. The van der Waals surface area contributed by atoms with E-state index in [2.05, 4.69) is 4.98 Å². The Bertz CT molecular complexity index is 511. The molecular weight excluding hydrogens is 257 g/mol. The number of benzene rings is 1. The normalized spacial score (nSPS) is 11.2. The number of Topliss-reactive ketones (excluding diaryl/α,β-unsaturated/α-hetero) is 1. The zero-order chi connectivity index (χ0) is 12.3. The molecule has 0 aliphatic rings. The summed E-state index contributed by atoms with van der Waals surface area (Å²) in [5.74, 6) is -0.352. The van der Waals surface area contributed by atoms with E-state index in [0.717, 1.165) is 0 Å². The van der Waals surface area contributed by atoms with Gasteiger partial charge in [-0.1, -0.05) is 59.6 Å². The standard InChI is InChI=1S/C13H9Cl2NO/c14-13(15,11-7-4-8-16-9-11)12(17)10-5-2-1-3-6-10/h1-9H. The molecule has 0 aliphatic carbocycles. The van der Waals surface area contributed by atoms with Crippen LogP contribution in [0.5, 0.6) is 0 Å². The minimum atomic E-state index is -1.60. The van der Waals surface area contributed by atoms with Gasteiger partial charge in [-0.2, -0.15) is 0 Å². The fraction of sp³-hybridized carbons (Fsp3) is 0.0769. The van der Waals surface area contributed by atoms with Crippen molar-refractivity contribution in [3.63, 3.8) is 0 Å². The van der Waals surface area contributed by atoms with Gasteiger partial charge in [-0.15, -0.1) is 0 Å². The molecule has 0 fully saturated rings. The highest BCUT2D eigenvalue weighted by molar-refractivity contribution is 6.59. The Balaban J connectivity index is 2.37. The van der Waals surface area contributed by atoms with Crippen LogP contribution >= 0.6 is 23.2 Å². The van der Waals surface area contributed by atoms with Gasteiger partial charge in [0.05, 0.1) is 0 Å². The Labute approximate surface area is 109 Å². The molecule has 2 aromatic rings. The maximum atomic E-state index is 12.2. The van der Waals surface area contributed by atoms with Crippen LogP contribution in [0.25, 0.3) is 0 Å². The first-order chi connectivity index (χ1) is 8.12. The highest BCUT2D eigenvalue weighted by Crippen LogP contribution is 2.36. The summed E-state index contributed by atoms with van der Waals surface area (Å²) in [5, 5.41) is 0. The van der Waals surface area contributed by atoms with Crippen molar-refractivity contribution in [1.82, 2.24) is 4.98 Å². The molecule has 86 valence electrons. The van der Waals surface area contributed by atoms with Gasteiger partial charge in [-0.25, -0.2) is 0 Å². The lowest BCUT2D eigenvalue weighted by Crippen LogP contribution is -2.23. The van der Waals surface area contributed by atoms with E-state index in [-0.39, 0.29) is 5.78 Å². The summed E-state index contributed by atoms with van der Waals surface area (Å²) < 4.78 is -1.60. The van der Waals surface area contributed by atoms with E-state index in [0.29, 0.717) is 11.1 Å². The highest BCUT2D eigenvalue weighted by atomic mass is 35.5. The van der Waals surface area contributed by atoms with E-state index >= 15 is 0 Å². The Hall–Kier alpha value is -1.38. The Morgan fingerprint density at radius 3 is 2.35 bits per heavy atom. The fourth-order valence-corrected chi connectivity index (χ4v) is 1.89. The van der Waals surface area contributed by atoms with Crippen molar-refractivity contribution in [2.24, 2.45) is 0 Å². The first-order valence-corrected chi connectivity index (χ1v) is 5.76. The molecule has 0 bridgehead atoms. The Kier molecular flexibility index (Phi) is 3.46. The number of carbonyl (C=O) groups is 1. The van der Waals surface area contributed by atoms with Gasteiger partial charge in [0.15, 0.2) is 0 Å². The molecule has 0 saturated carbocycles. The number of hydrogen-bond acceptors (Lipinski definition) is 2. The summed E-state index contributed by atoms with van der Waals surface area (Å²) in [7, 11) is 0. The topological polar surface area (TPSA) is 30.0 Å². The van der Waals surface area contributed by atoms with E-state index in [1.54, 1.807) is 42.6 Å². The van der Waals surface area contributed by atoms with Gasteiger partial charge >= 0.3 is 0 Å². The number of ketones is 1. The average molecular weight is 266 g/mol. The van der Waals surface area contributed by atoms with Crippen LogP contribution < -0.4 is 0 Å². The molecule has 0 unspecified atom stereocenters. The molecule has 0 atom stereocenters. The maximum Gasteiger partial charge on any atom is 0.206 e. The van der Waals surface area contributed by atoms with Crippen LogP contribution in [0.4, 0.5) is 0 Å². The maximum absolute atomic E-state index is 12.2. The van der Waals surface area contributed by atoms with E-state index in [1.807, 2.05) is 6.07 Å². The van der Waals surface area contributed by atoms with Crippen LogP contribution in [0, 0.1) is 0 Å². The molecule has 0 radical (unpaired) electrons. The lowest BCUT2D eigenvalue weighted by molar-refractivity contribution is 0.0972. The van der Waals surface area contributed by atoms with Crippen LogP contribution in [-0.2, 0) is 4.33 Å². The Morgan fingerprint density at radius 2 is 1.76 bits per heavy atom. The number of aromatic nitrogens is 1. The van der Waals surface area contributed by atoms with Gasteiger partial charge in [0, 0.05) is 23.5 Å². The second kappa shape index (κ2) is 4.86. The lowest BCUT2D eigenvalue weighted by Gasteiger charge is -2.18. The van der Waals surface area contributed by atoms with Gasteiger partial charge in [-0.3, -0.25) is 9.78 Å². The number of pyridine rings is 1. The lowest BCUT2D eigenvalue weighted by atomic mass is 10.0. The van der Waals surface area contributed by atoms with Crippen molar-refractivity contribution in [3.8, 4) is 0 Å². The smallest absolute Gasteiger partial charge is 0.206 e. The first-order valence-electron chi connectivity index (χ1n) is 5.00. The van der Waals surface area contributed by atoms with Crippen LogP contribution in [0.15, 0.2) is 54.9 Å². The number of rotatable bonds is 3. The van der Waals surface area contributed by atoms with E-state index in [1.165, 1.54) is 6.20 Å². The molecule has 2 rings (SSSR count). The quantitative estimate of drug-likeness (QED) is 0.627. The average Bonchev–Trinajstić information content (AvgIpc) is 2.40. The third-order valence-electron chi connectivity index (χ3n) is 2.35. The molecule has 0 N–H and O–H groups in total. The number of nitrogens with zero attached hydrogens (tertiary/aromatic N) is 1. The second-order valence-electron chi connectivity index (χ2n) is 3.51. The van der Waals surface area contributed by atoms with Crippen LogP contribution in [0.1, 0.15) is 15.9 Å². The third-order valence-corrected chi connectivity index (χ3v) is 3.12. The SMILES string of the molecule is O=C(c1ccccc1)C(Cl)(Cl)c1cccnc1. The summed E-state index contributed by atoms with van der Waals surface area (Å²) in [6.07, 6.45) is 3.08. The molecule has 0 saturated heterocycles.